The lowest BCUT2D eigenvalue weighted by atomic mass is 10.3. The predicted octanol–water partition coefficient (Wildman–Crippen LogP) is 3.66. The topological polar surface area (TPSA) is 56.2 Å². The van der Waals surface area contributed by atoms with Gasteiger partial charge in [-0.15, -0.1) is 0 Å². The van der Waals surface area contributed by atoms with Crippen molar-refractivity contribution >= 4 is 17.1 Å². The molecule has 0 unspecified atom stereocenters. The maximum Gasteiger partial charge on any atom is 0.412 e. The second kappa shape index (κ2) is 5.76. The molecule has 0 bridgehead atoms. The van der Waals surface area contributed by atoms with Gasteiger partial charge in [0.15, 0.2) is 0 Å². The van der Waals surface area contributed by atoms with Gasteiger partial charge < -0.3 is 14.6 Å². The van der Waals surface area contributed by atoms with Gasteiger partial charge in [-0.2, -0.15) is 0 Å². The normalized spacial score (nSPS) is 13.9. The van der Waals surface area contributed by atoms with Crippen LogP contribution < -0.4 is 10.1 Å². The molecule has 0 saturated heterocycles. The van der Waals surface area contributed by atoms with Crippen LogP contribution in [-0.2, 0) is 6.54 Å². The second-order valence-corrected chi connectivity index (χ2v) is 5.67. The lowest BCUT2D eigenvalue weighted by Crippen LogP contribution is -2.27. The van der Waals surface area contributed by atoms with E-state index in [9.17, 15) is 4.79 Å². The van der Waals surface area contributed by atoms with E-state index in [0.717, 1.165) is 16.9 Å². The summed E-state index contributed by atoms with van der Waals surface area (Å²) >= 11 is 0. The second-order valence-electron chi connectivity index (χ2n) is 5.67. The van der Waals surface area contributed by atoms with Crippen LogP contribution in [0.25, 0.3) is 11.0 Å². The third-order valence-corrected chi connectivity index (χ3v) is 3.93. The highest BCUT2D eigenvalue weighted by atomic mass is 16.6. The van der Waals surface area contributed by atoms with Gasteiger partial charge in [0, 0.05) is 6.04 Å². The average Bonchev–Trinajstić information content (AvgIpc) is 3.34. The number of hydrogen-bond donors (Lipinski definition) is 1. The molecule has 23 heavy (non-hydrogen) atoms. The summed E-state index contributed by atoms with van der Waals surface area (Å²) in [6.07, 6.45) is 1.87. The van der Waals surface area contributed by atoms with Crippen molar-refractivity contribution in [2.24, 2.45) is 0 Å². The highest BCUT2D eigenvalue weighted by Crippen LogP contribution is 2.38. The molecule has 3 aromatic rings. The third kappa shape index (κ3) is 2.90. The van der Waals surface area contributed by atoms with Gasteiger partial charge in [0.2, 0.25) is 0 Å². The zero-order chi connectivity index (χ0) is 15.6. The molecule has 0 radical (unpaired) electrons. The molecule has 1 amide bonds. The fraction of sp³-hybridized carbons (Fsp3) is 0.222. The number of rotatable bonds is 4. The minimum atomic E-state index is -0.467. The third-order valence-electron chi connectivity index (χ3n) is 3.93. The number of nitrogens with one attached hydrogen (secondary N) is 1. The minimum Gasteiger partial charge on any atom is -0.410 e. The van der Waals surface area contributed by atoms with Gasteiger partial charge in [0.25, 0.3) is 0 Å². The van der Waals surface area contributed by atoms with Crippen LogP contribution in [0.1, 0.15) is 24.7 Å². The molecule has 116 valence electrons. The summed E-state index contributed by atoms with van der Waals surface area (Å²) in [7, 11) is 0. The fourth-order valence-electron chi connectivity index (χ4n) is 2.74. The van der Waals surface area contributed by atoms with E-state index < -0.39 is 6.09 Å². The first-order valence-corrected chi connectivity index (χ1v) is 7.78. The summed E-state index contributed by atoms with van der Waals surface area (Å²) in [6.45, 7) is 0.358. The SMILES string of the molecule is O=C(NCc1nc2ccccc2n1C1CC1)Oc1ccccc1. The van der Waals surface area contributed by atoms with Crippen molar-refractivity contribution in [2.75, 3.05) is 0 Å². The van der Waals surface area contributed by atoms with Crippen LogP contribution in [0.2, 0.25) is 0 Å². The maximum absolute atomic E-state index is 11.9. The van der Waals surface area contributed by atoms with E-state index in [1.807, 2.05) is 36.4 Å². The number of hydrogen-bond acceptors (Lipinski definition) is 3. The van der Waals surface area contributed by atoms with Crippen molar-refractivity contribution in [3.05, 3.63) is 60.4 Å². The number of para-hydroxylation sites is 3. The Morgan fingerprint density at radius 2 is 1.87 bits per heavy atom. The largest absolute Gasteiger partial charge is 0.412 e. The fourth-order valence-corrected chi connectivity index (χ4v) is 2.74. The summed E-state index contributed by atoms with van der Waals surface area (Å²) in [5.41, 5.74) is 2.09. The molecular formula is C18H17N3O2. The monoisotopic (exact) mass is 307 g/mol. The molecule has 1 N–H and O–H groups in total. The van der Waals surface area contributed by atoms with Crippen LogP contribution in [0.15, 0.2) is 54.6 Å². The molecule has 1 aromatic heterocycles. The molecule has 0 atom stereocenters. The van der Waals surface area contributed by atoms with Gasteiger partial charge in [0.1, 0.15) is 11.6 Å². The molecule has 1 saturated carbocycles. The Morgan fingerprint density at radius 3 is 2.65 bits per heavy atom. The Morgan fingerprint density at radius 1 is 1.13 bits per heavy atom. The van der Waals surface area contributed by atoms with Gasteiger partial charge in [-0.05, 0) is 37.1 Å². The number of imidazole rings is 1. The zero-order valence-electron chi connectivity index (χ0n) is 12.6. The smallest absolute Gasteiger partial charge is 0.410 e. The van der Waals surface area contributed by atoms with E-state index >= 15 is 0 Å². The van der Waals surface area contributed by atoms with Gasteiger partial charge in [0.05, 0.1) is 17.6 Å². The number of carbonyl (C=O) groups is 1. The number of aromatic nitrogens is 2. The van der Waals surface area contributed by atoms with Crippen LogP contribution in [0.3, 0.4) is 0 Å². The summed E-state index contributed by atoms with van der Waals surface area (Å²) < 4.78 is 7.47. The molecular weight excluding hydrogens is 290 g/mol. The Balaban J connectivity index is 1.49. The van der Waals surface area contributed by atoms with E-state index in [0.29, 0.717) is 18.3 Å². The van der Waals surface area contributed by atoms with E-state index in [4.69, 9.17) is 4.74 Å². The quantitative estimate of drug-likeness (QED) is 0.800. The Hall–Kier alpha value is -2.82. The number of fused-ring (bicyclic) bond motifs is 1. The van der Waals surface area contributed by atoms with Crippen LogP contribution >= 0.6 is 0 Å². The Labute approximate surface area is 133 Å². The number of amides is 1. The molecule has 1 fully saturated rings. The number of benzene rings is 2. The van der Waals surface area contributed by atoms with E-state index in [2.05, 4.69) is 20.9 Å². The van der Waals surface area contributed by atoms with Crippen molar-refractivity contribution in [2.45, 2.75) is 25.4 Å². The van der Waals surface area contributed by atoms with Crippen molar-refractivity contribution < 1.29 is 9.53 Å². The summed E-state index contributed by atoms with van der Waals surface area (Å²) in [5.74, 6) is 1.40. The standard InChI is InChI=1S/C18H17N3O2/c22-18(23-14-6-2-1-3-7-14)19-12-17-20-15-8-4-5-9-16(15)21(17)13-10-11-13/h1-9,13H,10-12H2,(H,19,22). The van der Waals surface area contributed by atoms with E-state index in [-0.39, 0.29) is 0 Å². The minimum absolute atomic E-state index is 0.358. The van der Waals surface area contributed by atoms with Crippen molar-refractivity contribution in [1.29, 1.82) is 0 Å². The van der Waals surface area contributed by atoms with Gasteiger partial charge in [-0.25, -0.2) is 9.78 Å². The Kier molecular flexibility index (Phi) is 3.46. The lowest BCUT2D eigenvalue weighted by Gasteiger charge is -2.09. The molecule has 1 aliphatic carbocycles. The van der Waals surface area contributed by atoms with Crippen LogP contribution in [0, 0.1) is 0 Å². The van der Waals surface area contributed by atoms with Gasteiger partial charge in [-0.1, -0.05) is 30.3 Å². The molecule has 5 heteroatoms. The maximum atomic E-state index is 11.9. The summed E-state index contributed by atoms with van der Waals surface area (Å²) in [4.78, 5) is 16.6. The Bertz CT molecular complexity index is 838. The average molecular weight is 307 g/mol. The first-order chi connectivity index (χ1) is 11.3. The molecule has 0 aliphatic heterocycles. The number of nitrogens with zero attached hydrogens (tertiary/aromatic N) is 2. The van der Waals surface area contributed by atoms with Crippen molar-refractivity contribution in [3.63, 3.8) is 0 Å². The summed E-state index contributed by atoms with van der Waals surface area (Å²) in [5, 5.41) is 2.79. The predicted molar refractivity (Wildman–Crippen MR) is 87.3 cm³/mol. The zero-order valence-corrected chi connectivity index (χ0v) is 12.6. The van der Waals surface area contributed by atoms with Crippen LogP contribution in [0.5, 0.6) is 5.75 Å². The van der Waals surface area contributed by atoms with Crippen molar-refractivity contribution in [1.82, 2.24) is 14.9 Å². The van der Waals surface area contributed by atoms with Crippen molar-refractivity contribution in [3.8, 4) is 5.75 Å². The highest BCUT2D eigenvalue weighted by Gasteiger charge is 2.28. The van der Waals surface area contributed by atoms with Gasteiger partial charge in [-0.3, -0.25) is 0 Å². The van der Waals surface area contributed by atoms with E-state index in [1.165, 1.54) is 12.8 Å². The first kappa shape index (κ1) is 13.8. The highest BCUT2D eigenvalue weighted by molar-refractivity contribution is 5.76. The molecule has 1 aliphatic rings. The molecule has 5 nitrogen and oxygen atoms in total. The lowest BCUT2D eigenvalue weighted by molar-refractivity contribution is 0.199. The summed E-state index contributed by atoms with van der Waals surface area (Å²) in [6, 6.07) is 17.6. The molecule has 2 aromatic carbocycles. The van der Waals surface area contributed by atoms with Gasteiger partial charge >= 0.3 is 6.09 Å². The molecule has 0 spiro atoms. The molecule has 1 heterocycles. The number of ether oxygens (including phenoxy) is 1. The van der Waals surface area contributed by atoms with E-state index in [1.54, 1.807) is 12.1 Å². The van der Waals surface area contributed by atoms with Crippen LogP contribution in [-0.4, -0.2) is 15.6 Å². The van der Waals surface area contributed by atoms with Crippen LogP contribution in [0.4, 0.5) is 4.79 Å². The number of carbonyl (C=O) groups excluding carboxylic acids is 1. The molecule has 4 rings (SSSR count). The first-order valence-electron chi connectivity index (χ1n) is 7.78.